The number of rotatable bonds is 2. The van der Waals surface area contributed by atoms with E-state index in [9.17, 15) is 4.39 Å². The van der Waals surface area contributed by atoms with Gasteiger partial charge in [0.05, 0.1) is 10.5 Å². The zero-order valence-corrected chi connectivity index (χ0v) is 10.6. The van der Waals surface area contributed by atoms with Gasteiger partial charge >= 0.3 is 0 Å². The van der Waals surface area contributed by atoms with Gasteiger partial charge in [-0.1, -0.05) is 17.7 Å². The Kier molecular flexibility index (Phi) is 3.77. The lowest BCUT2D eigenvalue weighted by molar-refractivity contribution is 0.611. The highest BCUT2D eigenvalue weighted by Crippen LogP contribution is 2.29. The zero-order valence-electron chi connectivity index (χ0n) is 9.05. The minimum absolute atomic E-state index is 0.150. The molecule has 1 aromatic carbocycles. The van der Waals surface area contributed by atoms with Gasteiger partial charge in [0.1, 0.15) is 5.82 Å². The van der Waals surface area contributed by atoms with Gasteiger partial charge in [0.2, 0.25) is 0 Å². The number of allylic oxidation sites excluding steroid dienone is 1. The highest BCUT2D eigenvalue weighted by molar-refractivity contribution is 9.10. The van der Waals surface area contributed by atoms with Gasteiger partial charge in [0, 0.05) is 0 Å². The first kappa shape index (κ1) is 11.8. The van der Waals surface area contributed by atoms with Crippen molar-refractivity contribution in [2.45, 2.75) is 31.7 Å². The van der Waals surface area contributed by atoms with E-state index < -0.39 is 0 Å². The van der Waals surface area contributed by atoms with Crippen molar-refractivity contribution in [1.82, 2.24) is 0 Å². The van der Waals surface area contributed by atoms with Crippen LogP contribution in [-0.4, -0.2) is 0 Å². The second-order valence-corrected chi connectivity index (χ2v) is 5.03. The molecule has 2 N–H and O–H groups in total. The van der Waals surface area contributed by atoms with E-state index in [0.29, 0.717) is 4.47 Å². The average Bonchev–Trinajstić information content (AvgIpc) is 2.33. The Morgan fingerprint density at radius 3 is 2.75 bits per heavy atom. The van der Waals surface area contributed by atoms with Gasteiger partial charge in [0.25, 0.3) is 0 Å². The fraction of sp³-hybridized carbons (Fsp3) is 0.385. The second-order valence-electron chi connectivity index (χ2n) is 4.18. The normalized spacial score (nSPS) is 18.1. The van der Waals surface area contributed by atoms with Gasteiger partial charge in [-0.15, -0.1) is 0 Å². The van der Waals surface area contributed by atoms with E-state index in [1.165, 1.54) is 24.5 Å². The van der Waals surface area contributed by atoms with Crippen LogP contribution in [-0.2, 0) is 0 Å². The Bertz CT molecular complexity index is 414. The van der Waals surface area contributed by atoms with Crippen LogP contribution < -0.4 is 5.73 Å². The summed E-state index contributed by atoms with van der Waals surface area (Å²) in [7, 11) is 0. The zero-order chi connectivity index (χ0) is 11.5. The summed E-state index contributed by atoms with van der Waals surface area (Å²) in [6.45, 7) is 0. The number of halogens is 2. The lowest BCUT2D eigenvalue weighted by atomic mass is 9.90. The quantitative estimate of drug-likeness (QED) is 0.813. The standard InChI is InChI=1S/C13H15BrFN/c14-11-7-6-10(8-12(11)15)13(16)9-4-2-1-3-5-9/h4,6-8,13H,1-3,5,16H2. The first-order valence-corrected chi connectivity index (χ1v) is 6.37. The molecule has 0 heterocycles. The van der Waals surface area contributed by atoms with Crippen molar-refractivity contribution in [3.05, 3.63) is 45.7 Å². The summed E-state index contributed by atoms with van der Waals surface area (Å²) in [6.07, 6.45) is 6.78. The van der Waals surface area contributed by atoms with E-state index in [0.717, 1.165) is 18.4 Å². The van der Waals surface area contributed by atoms with Crippen LogP contribution in [0.5, 0.6) is 0 Å². The Balaban J connectivity index is 2.22. The number of hydrogen-bond donors (Lipinski definition) is 1. The Labute approximate surface area is 104 Å². The summed E-state index contributed by atoms with van der Waals surface area (Å²) < 4.78 is 13.9. The molecular formula is C13H15BrFN. The SMILES string of the molecule is NC(C1=CCCCC1)c1ccc(Br)c(F)c1. The highest BCUT2D eigenvalue weighted by Gasteiger charge is 2.15. The predicted molar refractivity (Wildman–Crippen MR) is 67.6 cm³/mol. The van der Waals surface area contributed by atoms with Crippen LogP contribution >= 0.6 is 15.9 Å². The molecule has 1 atom stereocenters. The maximum atomic E-state index is 13.4. The lowest BCUT2D eigenvalue weighted by Gasteiger charge is -2.20. The summed E-state index contributed by atoms with van der Waals surface area (Å²) in [5.41, 5.74) is 8.24. The maximum absolute atomic E-state index is 13.4. The van der Waals surface area contributed by atoms with Crippen molar-refractivity contribution in [3.63, 3.8) is 0 Å². The molecule has 0 amide bonds. The third kappa shape index (κ3) is 2.53. The van der Waals surface area contributed by atoms with E-state index in [-0.39, 0.29) is 11.9 Å². The molecular weight excluding hydrogens is 269 g/mol. The molecule has 0 saturated carbocycles. The van der Waals surface area contributed by atoms with Gasteiger partial charge in [-0.05, 0) is 59.3 Å². The summed E-state index contributed by atoms with van der Waals surface area (Å²) in [4.78, 5) is 0. The molecule has 0 fully saturated rings. The molecule has 0 spiro atoms. The summed E-state index contributed by atoms with van der Waals surface area (Å²) >= 11 is 3.14. The molecule has 1 aromatic rings. The van der Waals surface area contributed by atoms with Gasteiger partial charge in [-0.2, -0.15) is 0 Å². The van der Waals surface area contributed by atoms with Crippen LogP contribution in [0, 0.1) is 5.82 Å². The lowest BCUT2D eigenvalue weighted by Crippen LogP contribution is -2.15. The first-order chi connectivity index (χ1) is 7.68. The molecule has 86 valence electrons. The molecule has 2 rings (SSSR count). The van der Waals surface area contributed by atoms with Gasteiger partial charge in [-0.25, -0.2) is 4.39 Å². The van der Waals surface area contributed by atoms with Crippen LogP contribution in [0.15, 0.2) is 34.3 Å². The minimum atomic E-state index is -0.246. The van der Waals surface area contributed by atoms with E-state index in [1.54, 1.807) is 6.07 Å². The Morgan fingerprint density at radius 2 is 2.12 bits per heavy atom. The molecule has 1 aliphatic carbocycles. The number of hydrogen-bond acceptors (Lipinski definition) is 1. The Hall–Kier alpha value is -0.670. The molecule has 0 bridgehead atoms. The molecule has 1 unspecified atom stereocenters. The van der Waals surface area contributed by atoms with Crippen molar-refractivity contribution in [1.29, 1.82) is 0 Å². The minimum Gasteiger partial charge on any atom is -0.321 e. The monoisotopic (exact) mass is 283 g/mol. The van der Waals surface area contributed by atoms with Crippen molar-refractivity contribution < 1.29 is 4.39 Å². The molecule has 0 saturated heterocycles. The van der Waals surface area contributed by atoms with Gasteiger partial charge < -0.3 is 5.73 Å². The predicted octanol–water partition coefficient (Wildman–Crippen LogP) is 4.09. The maximum Gasteiger partial charge on any atom is 0.137 e. The van der Waals surface area contributed by atoms with E-state index in [2.05, 4.69) is 22.0 Å². The summed E-state index contributed by atoms with van der Waals surface area (Å²) in [5, 5.41) is 0. The number of benzene rings is 1. The van der Waals surface area contributed by atoms with Crippen molar-refractivity contribution >= 4 is 15.9 Å². The summed E-state index contributed by atoms with van der Waals surface area (Å²) in [6, 6.07) is 4.97. The highest BCUT2D eigenvalue weighted by atomic mass is 79.9. The van der Waals surface area contributed by atoms with Crippen LogP contribution in [0.3, 0.4) is 0 Å². The van der Waals surface area contributed by atoms with E-state index in [1.807, 2.05) is 6.07 Å². The smallest absolute Gasteiger partial charge is 0.137 e. The third-order valence-electron chi connectivity index (χ3n) is 3.03. The van der Waals surface area contributed by atoms with Crippen LogP contribution in [0.4, 0.5) is 4.39 Å². The van der Waals surface area contributed by atoms with Gasteiger partial charge in [-0.3, -0.25) is 0 Å². The molecule has 1 nitrogen and oxygen atoms in total. The topological polar surface area (TPSA) is 26.0 Å². The van der Waals surface area contributed by atoms with Crippen LogP contribution in [0.1, 0.15) is 37.3 Å². The first-order valence-electron chi connectivity index (χ1n) is 5.58. The fourth-order valence-corrected chi connectivity index (χ4v) is 2.31. The molecule has 0 aliphatic heterocycles. The van der Waals surface area contributed by atoms with E-state index in [4.69, 9.17) is 5.73 Å². The largest absolute Gasteiger partial charge is 0.321 e. The third-order valence-corrected chi connectivity index (χ3v) is 3.67. The van der Waals surface area contributed by atoms with Crippen molar-refractivity contribution in [3.8, 4) is 0 Å². The van der Waals surface area contributed by atoms with Crippen LogP contribution in [0.25, 0.3) is 0 Å². The number of nitrogens with two attached hydrogens (primary N) is 1. The molecule has 0 aromatic heterocycles. The second kappa shape index (κ2) is 5.11. The molecule has 0 radical (unpaired) electrons. The molecule has 1 aliphatic rings. The van der Waals surface area contributed by atoms with Crippen LogP contribution in [0.2, 0.25) is 0 Å². The van der Waals surface area contributed by atoms with E-state index >= 15 is 0 Å². The van der Waals surface area contributed by atoms with Gasteiger partial charge in [0.15, 0.2) is 0 Å². The summed E-state index contributed by atoms with van der Waals surface area (Å²) in [5.74, 6) is -0.246. The molecule has 3 heteroatoms. The van der Waals surface area contributed by atoms with Crippen molar-refractivity contribution in [2.75, 3.05) is 0 Å². The Morgan fingerprint density at radius 1 is 1.31 bits per heavy atom. The molecule has 16 heavy (non-hydrogen) atoms. The van der Waals surface area contributed by atoms with Crippen molar-refractivity contribution in [2.24, 2.45) is 5.73 Å². The average molecular weight is 284 g/mol. The fourth-order valence-electron chi connectivity index (χ4n) is 2.07.